The minimum atomic E-state index is -0.0982. The molecule has 35 heavy (non-hydrogen) atoms. The molecule has 7 heteroatoms. The Morgan fingerprint density at radius 1 is 0.829 bits per heavy atom. The molecule has 174 valence electrons. The molecule has 1 saturated carbocycles. The Bertz CT molecular complexity index is 1420. The highest BCUT2D eigenvalue weighted by atomic mass is 16.2. The van der Waals surface area contributed by atoms with Crippen LogP contribution in [0.1, 0.15) is 31.2 Å². The van der Waals surface area contributed by atoms with Crippen molar-refractivity contribution in [2.24, 2.45) is 0 Å². The lowest BCUT2D eigenvalue weighted by Gasteiger charge is -2.15. The van der Waals surface area contributed by atoms with E-state index in [1.54, 1.807) is 0 Å². The molecule has 0 radical (unpaired) electrons. The zero-order valence-corrected chi connectivity index (χ0v) is 19.2. The second kappa shape index (κ2) is 8.83. The van der Waals surface area contributed by atoms with Crippen LogP contribution in [0.15, 0.2) is 72.8 Å². The molecule has 7 nitrogen and oxygen atoms in total. The summed E-state index contributed by atoms with van der Waals surface area (Å²) in [6, 6.07) is 24.5. The van der Waals surface area contributed by atoms with Gasteiger partial charge in [0.2, 0.25) is 17.8 Å². The van der Waals surface area contributed by atoms with Gasteiger partial charge in [-0.25, -0.2) is 4.98 Å². The molecular formula is C28H25N5O2. The lowest BCUT2D eigenvalue weighted by molar-refractivity contribution is -0.139. The maximum Gasteiger partial charge on any atom is 0.229 e. The number of likely N-dealkylation sites (tertiary alicyclic amines) is 1. The summed E-state index contributed by atoms with van der Waals surface area (Å²) >= 11 is 0. The predicted octanol–water partition coefficient (Wildman–Crippen LogP) is 5.26. The average Bonchev–Trinajstić information content (AvgIpc) is 3.65. The van der Waals surface area contributed by atoms with E-state index in [0.29, 0.717) is 31.4 Å². The third-order valence-electron chi connectivity index (χ3n) is 6.40. The molecule has 1 aliphatic heterocycles. The van der Waals surface area contributed by atoms with Gasteiger partial charge in [0.1, 0.15) is 5.82 Å². The Balaban J connectivity index is 1.34. The number of carbonyl (C=O) groups excluding carboxylic acids is 2. The highest BCUT2D eigenvalue weighted by molar-refractivity contribution is 6.01. The van der Waals surface area contributed by atoms with Gasteiger partial charge in [-0.15, -0.1) is 0 Å². The van der Waals surface area contributed by atoms with Gasteiger partial charge in [-0.05, 0) is 59.9 Å². The third-order valence-corrected chi connectivity index (χ3v) is 6.40. The minimum absolute atomic E-state index is 0.0982. The van der Waals surface area contributed by atoms with E-state index in [4.69, 9.17) is 9.97 Å². The summed E-state index contributed by atoms with van der Waals surface area (Å²) in [5.41, 5.74) is 4.78. The van der Waals surface area contributed by atoms with Gasteiger partial charge in [0.25, 0.3) is 0 Å². The summed E-state index contributed by atoms with van der Waals surface area (Å²) in [5.74, 6) is 1.18. The first-order chi connectivity index (χ1) is 17.1. The van der Waals surface area contributed by atoms with Crippen LogP contribution in [-0.4, -0.2) is 32.7 Å². The molecule has 0 atom stereocenters. The van der Waals surface area contributed by atoms with Crippen molar-refractivity contribution in [3.63, 3.8) is 0 Å². The van der Waals surface area contributed by atoms with Crippen molar-refractivity contribution in [2.75, 3.05) is 10.6 Å². The van der Waals surface area contributed by atoms with Gasteiger partial charge in [0.15, 0.2) is 0 Å². The van der Waals surface area contributed by atoms with Crippen molar-refractivity contribution in [3.05, 3.63) is 78.4 Å². The SMILES string of the molecule is O=C1CCC(=O)N1Cc1cccc(-c2ccc3nc(Nc4ccccc4)nc(NC4CC4)c3c2)c1. The number of hydrogen-bond acceptors (Lipinski definition) is 6. The summed E-state index contributed by atoms with van der Waals surface area (Å²) < 4.78 is 0. The monoisotopic (exact) mass is 463 g/mol. The molecule has 1 saturated heterocycles. The summed E-state index contributed by atoms with van der Waals surface area (Å²) in [7, 11) is 0. The summed E-state index contributed by atoms with van der Waals surface area (Å²) in [6.07, 6.45) is 2.90. The van der Waals surface area contributed by atoms with E-state index in [2.05, 4.69) is 16.7 Å². The van der Waals surface area contributed by atoms with E-state index in [1.165, 1.54) is 4.90 Å². The third kappa shape index (κ3) is 4.57. The number of benzene rings is 3. The van der Waals surface area contributed by atoms with Gasteiger partial charge in [0.05, 0.1) is 12.1 Å². The molecule has 4 aromatic rings. The number of fused-ring (bicyclic) bond motifs is 1. The number of para-hydroxylation sites is 1. The van der Waals surface area contributed by atoms with Crippen molar-refractivity contribution in [1.82, 2.24) is 14.9 Å². The first-order valence-electron chi connectivity index (χ1n) is 12.0. The van der Waals surface area contributed by atoms with Gasteiger partial charge in [-0.1, -0.05) is 42.5 Å². The van der Waals surface area contributed by atoms with Crippen LogP contribution in [0.5, 0.6) is 0 Å². The maximum absolute atomic E-state index is 12.0. The van der Waals surface area contributed by atoms with Crippen LogP contribution in [0.2, 0.25) is 0 Å². The normalized spacial score (nSPS) is 15.6. The van der Waals surface area contributed by atoms with Gasteiger partial charge in [-0.3, -0.25) is 14.5 Å². The van der Waals surface area contributed by atoms with E-state index in [0.717, 1.165) is 51.9 Å². The number of carbonyl (C=O) groups is 2. The summed E-state index contributed by atoms with van der Waals surface area (Å²) in [5, 5.41) is 7.83. The zero-order chi connectivity index (χ0) is 23.8. The van der Waals surface area contributed by atoms with Gasteiger partial charge >= 0.3 is 0 Å². The molecule has 1 aromatic heterocycles. The van der Waals surface area contributed by atoms with E-state index in [-0.39, 0.29) is 11.8 Å². The van der Waals surface area contributed by atoms with Crippen LogP contribution in [-0.2, 0) is 16.1 Å². The van der Waals surface area contributed by atoms with Crippen molar-refractivity contribution < 1.29 is 9.59 Å². The minimum Gasteiger partial charge on any atom is -0.367 e. The van der Waals surface area contributed by atoms with Gasteiger partial charge < -0.3 is 10.6 Å². The van der Waals surface area contributed by atoms with Crippen LogP contribution < -0.4 is 10.6 Å². The number of amides is 2. The van der Waals surface area contributed by atoms with E-state index < -0.39 is 0 Å². The Labute approximate surface area is 203 Å². The van der Waals surface area contributed by atoms with Crippen LogP contribution in [0.25, 0.3) is 22.0 Å². The molecule has 2 amide bonds. The number of nitrogens with zero attached hydrogens (tertiary/aromatic N) is 3. The smallest absolute Gasteiger partial charge is 0.229 e. The number of imide groups is 1. The molecule has 1 aliphatic carbocycles. The molecule has 2 fully saturated rings. The Kier molecular flexibility index (Phi) is 5.37. The Hall–Kier alpha value is -4.26. The molecule has 6 rings (SSSR count). The zero-order valence-electron chi connectivity index (χ0n) is 19.2. The predicted molar refractivity (Wildman–Crippen MR) is 136 cm³/mol. The fourth-order valence-electron chi connectivity index (χ4n) is 4.38. The van der Waals surface area contributed by atoms with E-state index in [9.17, 15) is 9.59 Å². The molecule has 0 bridgehead atoms. The number of hydrogen-bond donors (Lipinski definition) is 2. The highest BCUT2D eigenvalue weighted by Crippen LogP contribution is 2.33. The Morgan fingerprint density at radius 2 is 1.60 bits per heavy atom. The highest BCUT2D eigenvalue weighted by Gasteiger charge is 2.28. The van der Waals surface area contributed by atoms with Crippen molar-refractivity contribution in [3.8, 4) is 11.1 Å². The average molecular weight is 464 g/mol. The molecule has 0 spiro atoms. The fourth-order valence-corrected chi connectivity index (χ4v) is 4.38. The molecule has 2 N–H and O–H groups in total. The summed E-state index contributed by atoms with van der Waals surface area (Å²) in [4.78, 5) is 35.0. The number of nitrogens with one attached hydrogen (secondary N) is 2. The topological polar surface area (TPSA) is 87.2 Å². The lowest BCUT2D eigenvalue weighted by atomic mass is 10.0. The summed E-state index contributed by atoms with van der Waals surface area (Å²) in [6.45, 7) is 0.311. The van der Waals surface area contributed by atoms with Crippen LogP contribution >= 0.6 is 0 Å². The Morgan fingerprint density at radius 3 is 2.37 bits per heavy atom. The molecule has 2 heterocycles. The number of anilines is 3. The molecule has 0 unspecified atom stereocenters. The maximum atomic E-state index is 12.0. The standard InChI is InChI=1S/C28H25N5O2/c34-25-13-14-26(35)33(25)17-18-5-4-6-19(15-18)20-9-12-24-23(16-20)27(29-22-10-11-22)32-28(31-24)30-21-7-2-1-3-8-21/h1-9,12,15-16,22H,10-11,13-14,17H2,(H2,29,30,31,32). The lowest BCUT2D eigenvalue weighted by Crippen LogP contribution is -2.28. The first kappa shape index (κ1) is 21.3. The van der Waals surface area contributed by atoms with Gasteiger partial charge in [0, 0.05) is 30.0 Å². The molecule has 3 aromatic carbocycles. The van der Waals surface area contributed by atoms with Crippen LogP contribution in [0.3, 0.4) is 0 Å². The number of aromatic nitrogens is 2. The largest absolute Gasteiger partial charge is 0.367 e. The van der Waals surface area contributed by atoms with Crippen molar-refractivity contribution in [2.45, 2.75) is 38.3 Å². The number of rotatable bonds is 7. The second-order valence-corrected chi connectivity index (χ2v) is 9.11. The van der Waals surface area contributed by atoms with E-state index >= 15 is 0 Å². The van der Waals surface area contributed by atoms with E-state index in [1.807, 2.05) is 66.7 Å². The molecular weight excluding hydrogens is 438 g/mol. The van der Waals surface area contributed by atoms with Crippen molar-refractivity contribution >= 4 is 40.2 Å². The molecule has 2 aliphatic rings. The quantitative estimate of drug-likeness (QED) is 0.364. The van der Waals surface area contributed by atoms with Crippen molar-refractivity contribution in [1.29, 1.82) is 0 Å². The van der Waals surface area contributed by atoms with Crippen LogP contribution in [0.4, 0.5) is 17.5 Å². The first-order valence-corrected chi connectivity index (χ1v) is 12.0. The fraction of sp³-hybridized carbons (Fsp3) is 0.214. The van der Waals surface area contributed by atoms with Gasteiger partial charge in [-0.2, -0.15) is 4.98 Å². The van der Waals surface area contributed by atoms with Crippen LogP contribution in [0, 0.1) is 0 Å². The second-order valence-electron chi connectivity index (χ2n) is 9.11.